The maximum atomic E-state index is 10.6. The average Bonchev–Trinajstić information content (AvgIpc) is 2.76. The van der Waals surface area contributed by atoms with Crippen LogP contribution in [0.15, 0.2) is 22.9 Å². The molecule has 0 aliphatic carbocycles. The number of nitrogens with zero attached hydrogens (tertiary/aromatic N) is 3. The van der Waals surface area contributed by atoms with Crippen LogP contribution < -0.4 is 5.32 Å². The molecule has 0 unspecified atom stereocenters. The van der Waals surface area contributed by atoms with Crippen LogP contribution >= 0.6 is 0 Å². The highest BCUT2D eigenvalue weighted by atomic mass is 16.5. The normalized spacial score (nSPS) is 10.5. The Balaban J connectivity index is 1.85. The van der Waals surface area contributed by atoms with Crippen LogP contribution in [-0.4, -0.2) is 26.2 Å². The number of nitrogens with one attached hydrogen (secondary N) is 1. The van der Waals surface area contributed by atoms with E-state index in [1.54, 1.807) is 13.0 Å². The second kappa shape index (κ2) is 5.37. The van der Waals surface area contributed by atoms with Gasteiger partial charge in [0.2, 0.25) is 5.89 Å². The van der Waals surface area contributed by atoms with Crippen molar-refractivity contribution in [2.75, 3.05) is 0 Å². The number of carboxylic acid groups (broad SMARTS) is 1. The summed E-state index contributed by atoms with van der Waals surface area (Å²) in [6.45, 7) is 2.70. The number of carboxylic acids is 1. The monoisotopic (exact) mass is 248 g/mol. The van der Waals surface area contributed by atoms with E-state index in [-0.39, 0.29) is 5.56 Å². The molecule has 0 radical (unpaired) electrons. The van der Waals surface area contributed by atoms with Crippen molar-refractivity contribution >= 4 is 5.97 Å². The van der Waals surface area contributed by atoms with Crippen LogP contribution in [0.3, 0.4) is 0 Å². The number of aromatic nitrogens is 3. The van der Waals surface area contributed by atoms with Crippen molar-refractivity contribution in [1.82, 2.24) is 20.4 Å². The topological polar surface area (TPSA) is 101 Å². The first-order valence-electron chi connectivity index (χ1n) is 5.33. The largest absolute Gasteiger partial charge is 0.478 e. The van der Waals surface area contributed by atoms with Gasteiger partial charge in [-0.3, -0.25) is 4.98 Å². The van der Waals surface area contributed by atoms with Gasteiger partial charge in [0.1, 0.15) is 0 Å². The summed E-state index contributed by atoms with van der Waals surface area (Å²) < 4.78 is 4.83. The number of aromatic carboxylic acids is 1. The molecule has 0 atom stereocenters. The van der Waals surface area contributed by atoms with Crippen LogP contribution in [0.1, 0.15) is 27.8 Å². The van der Waals surface area contributed by atoms with Crippen LogP contribution in [0.4, 0.5) is 0 Å². The summed E-state index contributed by atoms with van der Waals surface area (Å²) in [7, 11) is 0. The van der Waals surface area contributed by atoms with E-state index in [2.05, 4.69) is 20.4 Å². The fourth-order valence-corrected chi connectivity index (χ4v) is 1.37. The second-order valence-electron chi connectivity index (χ2n) is 3.68. The van der Waals surface area contributed by atoms with Gasteiger partial charge in [0.05, 0.1) is 17.8 Å². The van der Waals surface area contributed by atoms with Crippen LogP contribution in [0.2, 0.25) is 0 Å². The van der Waals surface area contributed by atoms with Crippen molar-refractivity contribution in [2.24, 2.45) is 0 Å². The third-order valence-electron chi connectivity index (χ3n) is 2.23. The van der Waals surface area contributed by atoms with E-state index in [0.717, 1.165) is 5.69 Å². The van der Waals surface area contributed by atoms with E-state index in [1.807, 2.05) is 0 Å². The van der Waals surface area contributed by atoms with Crippen LogP contribution in [0.25, 0.3) is 0 Å². The van der Waals surface area contributed by atoms with Gasteiger partial charge in [-0.05, 0) is 12.1 Å². The quantitative estimate of drug-likeness (QED) is 0.805. The van der Waals surface area contributed by atoms with Gasteiger partial charge in [-0.15, -0.1) is 0 Å². The molecule has 0 fully saturated rings. The molecule has 0 bridgehead atoms. The lowest BCUT2D eigenvalue weighted by Gasteiger charge is -2.01. The molecule has 0 aliphatic rings. The summed E-state index contributed by atoms with van der Waals surface area (Å²) in [4.78, 5) is 18.7. The van der Waals surface area contributed by atoms with Gasteiger partial charge in [-0.2, -0.15) is 4.98 Å². The minimum Gasteiger partial charge on any atom is -0.478 e. The molecule has 0 saturated heterocycles. The van der Waals surface area contributed by atoms with E-state index in [1.165, 1.54) is 12.3 Å². The van der Waals surface area contributed by atoms with Gasteiger partial charge < -0.3 is 14.9 Å². The minimum absolute atomic E-state index is 0.174. The third-order valence-corrected chi connectivity index (χ3v) is 2.23. The van der Waals surface area contributed by atoms with E-state index < -0.39 is 5.97 Å². The Labute approximate surface area is 103 Å². The highest BCUT2D eigenvalue weighted by Crippen LogP contribution is 2.01. The number of hydrogen-bond donors (Lipinski definition) is 2. The number of rotatable bonds is 5. The standard InChI is InChI=1S/C11H12N4O3/c1-7-14-10(15-18-7)6-12-5-9-3-2-8(4-13-9)11(16)17/h2-4,12H,5-6H2,1H3,(H,16,17). The predicted molar refractivity (Wildman–Crippen MR) is 60.8 cm³/mol. The summed E-state index contributed by atoms with van der Waals surface area (Å²) in [6, 6.07) is 3.18. The van der Waals surface area contributed by atoms with Gasteiger partial charge in [0.15, 0.2) is 5.82 Å². The number of carbonyl (C=O) groups is 1. The summed E-state index contributed by atoms with van der Waals surface area (Å²) in [5.41, 5.74) is 0.924. The Bertz CT molecular complexity index is 535. The van der Waals surface area contributed by atoms with Crippen LogP contribution in [-0.2, 0) is 13.1 Å². The summed E-state index contributed by atoms with van der Waals surface area (Å²) in [6.07, 6.45) is 1.33. The minimum atomic E-state index is -0.982. The van der Waals surface area contributed by atoms with E-state index >= 15 is 0 Å². The number of pyridine rings is 1. The van der Waals surface area contributed by atoms with Crippen LogP contribution in [0.5, 0.6) is 0 Å². The maximum absolute atomic E-state index is 10.6. The lowest BCUT2D eigenvalue weighted by molar-refractivity contribution is 0.0696. The first-order valence-corrected chi connectivity index (χ1v) is 5.33. The summed E-state index contributed by atoms with van der Waals surface area (Å²) in [5, 5.41) is 15.5. The maximum Gasteiger partial charge on any atom is 0.337 e. The molecule has 94 valence electrons. The van der Waals surface area contributed by atoms with Crippen molar-refractivity contribution in [1.29, 1.82) is 0 Å². The molecule has 2 rings (SSSR count). The van der Waals surface area contributed by atoms with Crippen molar-refractivity contribution < 1.29 is 14.4 Å². The van der Waals surface area contributed by atoms with Crippen LogP contribution in [0, 0.1) is 6.92 Å². The lowest BCUT2D eigenvalue weighted by Crippen LogP contribution is -2.14. The van der Waals surface area contributed by atoms with Gasteiger partial charge in [-0.1, -0.05) is 5.16 Å². The van der Waals surface area contributed by atoms with Crippen molar-refractivity contribution in [3.8, 4) is 0 Å². The molecular formula is C11H12N4O3. The average molecular weight is 248 g/mol. The zero-order chi connectivity index (χ0) is 13.0. The molecule has 2 aromatic rings. The Morgan fingerprint density at radius 3 is 2.83 bits per heavy atom. The molecule has 18 heavy (non-hydrogen) atoms. The summed E-state index contributed by atoms with van der Waals surface area (Å²) >= 11 is 0. The smallest absolute Gasteiger partial charge is 0.337 e. The Morgan fingerprint density at radius 2 is 2.28 bits per heavy atom. The molecule has 2 heterocycles. The fraction of sp³-hybridized carbons (Fsp3) is 0.273. The van der Waals surface area contributed by atoms with Gasteiger partial charge in [0, 0.05) is 19.7 Å². The molecule has 0 spiro atoms. The fourth-order valence-electron chi connectivity index (χ4n) is 1.37. The molecular weight excluding hydrogens is 236 g/mol. The molecule has 0 aromatic carbocycles. The number of aryl methyl sites for hydroxylation is 1. The molecule has 0 saturated carbocycles. The van der Waals surface area contributed by atoms with Crippen molar-refractivity contribution in [3.63, 3.8) is 0 Å². The Morgan fingerprint density at radius 1 is 1.44 bits per heavy atom. The van der Waals surface area contributed by atoms with E-state index in [4.69, 9.17) is 9.63 Å². The van der Waals surface area contributed by atoms with Crippen molar-refractivity contribution in [2.45, 2.75) is 20.0 Å². The molecule has 2 aromatic heterocycles. The molecule has 0 aliphatic heterocycles. The third kappa shape index (κ3) is 3.11. The molecule has 7 nitrogen and oxygen atoms in total. The zero-order valence-corrected chi connectivity index (χ0v) is 9.75. The molecule has 0 amide bonds. The van der Waals surface area contributed by atoms with E-state index in [0.29, 0.717) is 24.8 Å². The predicted octanol–water partition coefficient (Wildman–Crippen LogP) is 0.761. The van der Waals surface area contributed by atoms with Gasteiger partial charge in [0.25, 0.3) is 0 Å². The Kier molecular flexibility index (Phi) is 3.63. The molecule has 2 N–H and O–H groups in total. The Hall–Kier alpha value is -2.28. The van der Waals surface area contributed by atoms with Crippen molar-refractivity contribution in [3.05, 3.63) is 41.3 Å². The zero-order valence-electron chi connectivity index (χ0n) is 9.75. The summed E-state index contributed by atoms with van der Waals surface area (Å²) in [5.74, 6) is 0.120. The van der Waals surface area contributed by atoms with Gasteiger partial charge >= 0.3 is 5.97 Å². The first-order chi connectivity index (χ1) is 8.65. The van der Waals surface area contributed by atoms with E-state index in [9.17, 15) is 4.79 Å². The lowest BCUT2D eigenvalue weighted by atomic mass is 10.2. The second-order valence-corrected chi connectivity index (χ2v) is 3.68. The SMILES string of the molecule is Cc1nc(CNCc2ccc(C(=O)O)cn2)no1. The highest BCUT2D eigenvalue weighted by Gasteiger charge is 2.04. The highest BCUT2D eigenvalue weighted by molar-refractivity contribution is 5.87. The molecule has 7 heteroatoms. The number of hydrogen-bond acceptors (Lipinski definition) is 6. The first kappa shape index (κ1) is 12.2. The van der Waals surface area contributed by atoms with Gasteiger partial charge in [-0.25, -0.2) is 4.79 Å².